The summed E-state index contributed by atoms with van der Waals surface area (Å²) in [5.74, 6) is 1.31. The zero-order valence-electron chi connectivity index (χ0n) is 16.2. The molecule has 0 spiro atoms. The lowest BCUT2D eigenvalue weighted by molar-refractivity contribution is -0.123. The van der Waals surface area contributed by atoms with Crippen LogP contribution in [0.15, 0.2) is 54.6 Å². The third-order valence-corrected chi connectivity index (χ3v) is 5.31. The maximum absolute atomic E-state index is 12.0. The van der Waals surface area contributed by atoms with E-state index in [1.54, 1.807) is 0 Å². The van der Waals surface area contributed by atoms with Crippen molar-refractivity contribution in [3.8, 4) is 5.75 Å². The molecule has 0 radical (unpaired) electrons. The lowest BCUT2D eigenvalue weighted by Gasteiger charge is -2.32. The van der Waals surface area contributed by atoms with Gasteiger partial charge in [0.15, 0.2) is 6.61 Å². The Balaban J connectivity index is 1.30. The van der Waals surface area contributed by atoms with Crippen LogP contribution in [0, 0.1) is 12.8 Å². The molecule has 1 heterocycles. The molecule has 4 heteroatoms. The number of carbonyl (C=O) groups is 1. The van der Waals surface area contributed by atoms with E-state index in [1.807, 2.05) is 31.2 Å². The van der Waals surface area contributed by atoms with Crippen LogP contribution < -0.4 is 10.1 Å². The molecule has 1 amide bonds. The van der Waals surface area contributed by atoms with Gasteiger partial charge in [0, 0.05) is 13.1 Å². The van der Waals surface area contributed by atoms with Gasteiger partial charge in [-0.25, -0.2) is 0 Å². The Morgan fingerprint density at radius 1 is 1.07 bits per heavy atom. The van der Waals surface area contributed by atoms with Crippen LogP contribution in [0.25, 0.3) is 0 Å². The first kappa shape index (κ1) is 19.4. The molecule has 27 heavy (non-hydrogen) atoms. The Labute approximate surface area is 162 Å². The summed E-state index contributed by atoms with van der Waals surface area (Å²) < 4.78 is 5.61. The van der Waals surface area contributed by atoms with E-state index >= 15 is 0 Å². The Hall–Kier alpha value is -2.33. The predicted octanol–water partition coefficient (Wildman–Crippen LogP) is 3.44. The van der Waals surface area contributed by atoms with E-state index in [9.17, 15) is 4.79 Å². The van der Waals surface area contributed by atoms with Crippen LogP contribution in [0.2, 0.25) is 0 Å². The topological polar surface area (TPSA) is 41.6 Å². The van der Waals surface area contributed by atoms with Crippen molar-refractivity contribution in [2.75, 3.05) is 32.8 Å². The minimum Gasteiger partial charge on any atom is -0.484 e. The Morgan fingerprint density at radius 2 is 1.78 bits per heavy atom. The summed E-state index contributed by atoms with van der Waals surface area (Å²) in [5, 5.41) is 3.03. The molecule has 1 aliphatic heterocycles. The molecule has 0 saturated carbocycles. The summed E-state index contributed by atoms with van der Waals surface area (Å²) in [5.41, 5.74) is 2.45. The number of nitrogens with zero attached hydrogens (tertiary/aromatic N) is 1. The molecule has 0 unspecified atom stereocenters. The molecule has 1 aliphatic rings. The number of aryl methyl sites for hydroxylation is 1. The summed E-state index contributed by atoms with van der Waals surface area (Å²) in [6, 6.07) is 18.4. The zero-order chi connectivity index (χ0) is 18.9. The predicted molar refractivity (Wildman–Crippen MR) is 109 cm³/mol. The highest BCUT2D eigenvalue weighted by molar-refractivity contribution is 5.77. The van der Waals surface area contributed by atoms with E-state index < -0.39 is 0 Å². The van der Waals surface area contributed by atoms with Gasteiger partial charge in [-0.15, -0.1) is 0 Å². The van der Waals surface area contributed by atoms with Crippen molar-refractivity contribution in [3.05, 3.63) is 65.7 Å². The molecule has 2 aromatic rings. The molecule has 144 valence electrons. The van der Waals surface area contributed by atoms with Crippen LogP contribution in [0.1, 0.15) is 24.0 Å². The van der Waals surface area contributed by atoms with Crippen LogP contribution in [0.3, 0.4) is 0 Å². The third kappa shape index (κ3) is 6.40. The second-order valence-electron chi connectivity index (χ2n) is 7.38. The first-order chi connectivity index (χ1) is 13.2. The van der Waals surface area contributed by atoms with E-state index in [0.717, 1.165) is 56.8 Å². The lowest BCUT2D eigenvalue weighted by atomic mass is 9.96. The Kier molecular flexibility index (Phi) is 7.28. The fourth-order valence-corrected chi connectivity index (χ4v) is 3.52. The summed E-state index contributed by atoms with van der Waals surface area (Å²) in [7, 11) is 0. The van der Waals surface area contributed by atoms with Gasteiger partial charge in [-0.2, -0.15) is 0 Å². The number of nitrogens with one attached hydrogen (secondary N) is 1. The monoisotopic (exact) mass is 366 g/mol. The minimum atomic E-state index is -0.0373. The lowest BCUT2D eigenvalue weighted by Crippen LogP contribution is -2.40. The fraction of sp³-hybridized carbons (Fsp3) is 0.435. The quantitative estimate of drug-likeness (QED) is 0.778. The molecule has 1 N–H and O–H groups in total. The van der Waals surface area contributed by atoms with E-state index in [1.165, 1.54) is 5.56 Å². The second-order valence-corrected chi connectivity index (χ2v) is 7.38. The highest BCUT2D eigenvalue weighted by atomic mass is 16.5. The largest absolute Gasteiger partial charge is 0.484 e. The number of benzene rings is 2. The van der Waals surface area contributed by atoms with E-state index in [4.69, 9.17) is 4.74 Å². The average Bonchev–Trinajstić information content (AvgIpc) is 2.71. The number of para-hydroxylation sites is 1. The fourth-order valence-electron chi connectivity index (χ4n) is 3.52. The van der Waals surface area contributed by atoms with Crippen molar-refractivity contribution in [2.45, 2.75) is 26.2 Å². The number of amides is 1. The van der Waals surface area contributed by atoms with Crippen LogP contribution >= 0.6 is 0 Å². The van der Waals surface area contributed by atoms with Crippen LogP contribution in [-0.4, -0.2) is 43.6 Å². The molecule has 3 rings (SSSR count). The van der Waals surface area contributed by atoms with Gasteiger partial charge in [0.25, 0.3) is 5.91 Å². The minimum absolute atomic E-state index is 0.0373. The van der Waals surface area contributed by atoms with Gasteiger partial charge in [-0.05, 0) is 62.4 Å². The van der Waals surface area contributed by atoms with Crippen molar-refractivity contribution in [1.82, 2.24) is 10.2 Å². The molecule has 4 nitrogen and oxygen atoms in total. The zero-order valence-corrected chi connectivity index (χ0v) is 16.2. The van der Waals surface area contributed by atoms with Crippen LogP contribution in [0.5, 0.6) is 5.75 Å². The molecule has 1 saturated heterocycles. The summed E-state index contributed by atoms with van der Waals surface area (Å²) >= 11 is 0. The molecule has 1 fully saturated rings. The first-order valence-corrected chi connectivity index (χ1v) is 9.92. The van der Waals surface area contributed by atoms with Crippen molar-refractivity contribution < 1.29 is 9.53 Å². The summed E-state index contributed by atoms with van der Waals surface area (Å²) in [4.78, 5) is 14.6. The van der Waals surface area contributed by atoms with E-state index in [-0.39, 0.29) is 12.5 Å². The standard InChI is InChI=1S/C23H30N2O2/c1-19-7-5-6-10-22(19)27-18-23(26)24-17-21-12-15-25(16-13-21)14-11-20-8-3-2-4-9-20/h2-10,21H,11-18H2,1H3,(H,24,26). The van der Waals surface area contributed by atoms with Crippen LogP contribution in [-0.2, 0) is 11.2 Å². The second kappa shape index (κ2) is 10.1. The number of hydrogen-bond acceptors (Lipinski definition) is 3. The van der Waals surface area contributed by atoms with Gasteiger partial charge in [-0.3, -0.25) is 4.79 Å². The SMILES string of the molecule is Cc1ccccc1OCC(=O)NCC1CCN(CCc2ccccc2)CC1. The smallest absolute Gasteiger partial charge is 0.257 e. The molecular formula is C23H30N2O2. The number of piperidine rings is 1. The van der Waals surface area contributed by atoms with Gasteiger partial charge in [-0.1, -0.05) is 48.5 Å². The van der Waals surface area contributed by atoms with Gasteiger partial charge in [0.1, 0.15) is 5.75 Å². The number of carbonyl (C=O) groups excluding carboxylic acids is 1. The number of likely N-dealkylation sites (tertiary alicyclic amines) is 1. The molecule has 0 aliphatic carbocycles. The van der Waals surface area contributed by atoms with E-state index in [2.05, 4.69) is 40.5 Å². The summed E-state index contributed by atoms with van der Waals surface area (Å²) in [6.45, 7) is 6.18. The van der Waals surface area contributed by atoms with Gasteiger partial charge in [0.2, 0.25) is 0 Å². The maximum atomic E-state index is 12.0. The highest BCUT2D eigenvalue weighted by Gasteiger charge is 2.19. The van der Waals surface area contributed by atoms with Crippen molar-refractivity contribution in [1.29, 1.82) is 0 Å². The Bertz CT molecular complexity index is 709. The van der Waals surface area contributed by atoms with Crippen molar-refractivity contribution >= 4 is 5.91 Å². The first-order valence-electron chi connectivity index (χ1n) is 9.92. The molecule has 0 aromatic heterocycles. The van der Waals surface area contributed by atoms with Gasteiger partial charge >= 0.3 is 0 Å². The van der Waals surface area contributed by atoms with E-state index in [0.29, 0.717) is 5.92 Å². The number of hydrogen-bond donors (Lipinski definition) is 1. The van der Waals surface area contributed by atoms with Crippen LogP contribution in [0.4, 0.5) is 0 Å². The molecule has 0 bridgehead atoms. The summed E-state index contributed by atoms with van der Waals surface area (Å²) in [6.07, 6.45) is 3.40. The van der Waals surface area contributed by atoms with Crippen molar-refractivity contribution in [2.24, 2.45) is 5.92 Å². The number of rotatable bonds is 8. The highest BCUT2D eigenvalue weighted by Crippen LogP contribution is 2.17. The maximum Gasteiger partial charge on any atom is 0.257 e. The third-order valence-electron chi connectivity index (χ3n) is 5.31. The molecule has 0 atom stereocenters. The molecular weight excluding hydrogens is 336 g/mol. The Morgan fingerprint density at radius 3 is 2.52 bits per heavy atom. The van der Waals surface area contributed by atoms with Gasteiger partial charge < -0.3 is 15.0 Å². The number of ether oxygens (including phenoxy) is 1. The normalized spacial score (nSPS) is 15.4. The van der Waals surface area contributed by atoms with Gasteiger partial charge in [0.05, 0.1) is 0 Å². The average molecular weight is 367 g/mol. The van der Waals surface area contributed by atoms with Crippen molar-refractivity contribution in [3.63, 3.8) is 0 Å². The molecule has 2 aromatic carbocycles.